The average Bonchev–Trinajstić information content (AvgIpc) is 2.35. The smallest absolute Gasteiger partial charge is 0.324 e. The average molecular weight is 243 g/mol. The monoisotopic (exact) mass is 243 g/mol. The first-order valence-corrected chi connectivity index (χ1v) is 5.44. The zero-order chi connectivity index (χ0) is 13.0. The summed E-state index contributed by atoms with van der Waals surface area (Å²) in [6, 6.07) is 9.72. The van der Waals surface area contributed by atoms with Crippen molar-refractivity contribution in [1.29, 1.82) is 0 Å². The third kappa shape index (κ3) is 2.98. The van der Waals surface area contributed by atoms with Gasteiger partial charge in [-0.3, -0.25) is 5.32 Å². The highest BCUT2D eigenvalue weighted by Gasteiger charge is 2.04. The lowest BCUT2D eigenvalue weighted by molar-refractivity contribution is 0.262. The number of phenolic OH excluding ortho intramolecular Hbond substituents is 1. The molecule has 0 fully saturated rings. The number of aromatic hydroxyl groups is 1. The van der Waals surface area contributed by atoms with Gasteiger partial charge in [-0.25, -0.2) is 9.78 Å². The highest BCUT2D eigenvalue weighted by Crippen LogP contribution is 2.20. The standard InChI is InChI=1S/C13H13N3O2/c1-9-8-10(5-6-11(9)17)15-13(18)16-12-4-2-3-7-14-12/h2-8,17H,1H3,(H2,14,15,16,18). The Morgan fingerprint density at radius 1 is 1.22 bits per heavy atom. The van der Waals surface area contributed by atoms with E-state index in [-0.39, 0.29) is 11.8 Å². The predicted molar refractivity (Wildman–Crippen MR) is 69.7 cm³/mol. The highest BCUT2D eigenvalue weighted by atomic mass is 16.3. The number of pyridine rings is 1. The number of aromatic nitrogens is 1. The first-order chi connectivity index (χ1) is 8.65. The second-order valence-electron chi connectivity index (χ2n) is 3.80. The third-order valence-corrected chi connectivity index (χ3v) is 2.36. The summed E-state index contributed by atoms with van der Waals surface area (Å²) in [5.41, 5.74) is 1.31. The van der Waals surface area contributed by atoms with Crippen LogP contribution in [0.2, 0.25) is 0 Å². The van der Waals surface area contributed by atoms with Gasteiger partial charge in [0.05, 0.1) is 0 Å². The molecule has 5 nitrogen and oxygen atoms in total. The molecule has 2 aromatic rings. The molecule has 0 atom stereocenters. The summed E-state index contributed by atoms with van der Waals surface area (Å²) in [6.45, 7) is 1.76. The number of carbonyl (C=O) groups excluding carboxylic acids is 1. The Morgan fingerprint density at radius 2 is 2.06 bits per heavy atom. The Hall–Kier alpha value is -2.56. The van der Waals surface area contributed by atoms with Gasteiger partial charge < -0.3 is 10.4 Å². The summed E-state index contributed by atoms with van der Waals surface area (Å²) < 4.78 is 0. The fourth-order valence-corrected chi connectivity index (χ4v) is 1.45. The first kappa shape index (κ1) is 11.9. The van der Waals surface area contributed by atoms with Crippen LogP contribution in [0.3, 0.4) is 0 Å². The van der Waals surface area contributed by atoms with Crippen LogP contribution >= 0.6 is 0 Å². The normalized spacial score (nSPS) is 9.83. The van der Waals surface area contributed by atoms with Gasteiger partial charge in [-0.2, -0.15) is 0 Å². The molecule has 1 aromatic carbocycles. The van der Waals surface area contributed by atoms with E-state index in [9.17, 15) is 9.90 Å². The van der Waals surface area contributed by atoms with Crippen LogP contribution in [0.15, 0.2) is 42.6 Å². The quantitative estimate of drug-likeness (QED) is 0.710. The van der Waals surface area contributed by atoms with Crippen molar-refractivity contribution in [3.05, 3.63) is 48.2 Å². The van der Waals surface area contributed by atoms with E-state index in [1.54, 1.807) is 43.5 Å². The fourth-order valence-electron chi connectivity index (χ4n) is 1.45. The molecule has 3 N–H and O–H groups in total. The number of hydrogen-bond acceptors (Lipinski definition) is 3. The maximum Gasteiger partial charge on any atom is 0.324 e. The topological polar surface area (TPSA) is 74.2 Å². The lowest BCUT2D eigenvalue weighted by Gasteiger charge is -2.08. The molecule has 1 aromatic heterocycles. The molecule has 0 unspecified atom stereocenters. The lowest BCUT2D eigenvalue weighted by Crippen LogP contribution is -2.19. The Balaban J connectivity index is 2.01. The maximum atomic E-state index is 11.7. The molecule has 0 radical (unpaired) electrons. The molecule has 5 heteroatoms. The lowest BCUT2D eigenvalue weighted by atomic mass is 10.2. The fraction of sp³-hybridized carbons (Fsp3) is 0.0769. The second kappa shape index (κ2) is 5.18. The van der Waals surface area contributed by atoms with Crippen molar-refractivity contribution >= 4 is 17.5 Å². The number of hydrogen-bond donors (Lipinski definition) is 3. The number of rotatable bonds is 2. The van der Waals surface area contributed by atoms with E-state index in [4.69, 9.17) is 0 Å². The molecule has 1 heterocycles. The van der Waals surface area contributed by atoms with Crippen LogP contribution in [-0.2, 0) is 0 Å². The van der Waals surface area contributed by atoms with Gasteiger partial charge in [0.25, 0.3) is 0 Å². The minimum Gasteiger partial charge on any atom is -0.508 e. The number of carbonyl (C=O) groups is 1. The summed E-state index contributed by atoms with van der Waals surface area (Å²) in [5, 5.41) is 14.6. The Labute approximate surface area is 104 Å². The molecule has 2 rings (SSSR count). The van der Waals surface area contributed by atoms with Crippen LogP contribution < -0.4 is 10.6 Å². The van der Waals surface area contributed by atoms with Crippen molar-refractivity contribution in [2.24, 2.45) is 0 Å². The molecule has 2 amide bonds. The van der Waals surface area contributed by atoms with Crippen LogP contribution in [0.25, 0.3) is 0 Å². The molecule has 0 saturated heterocycles. The van der Waals surface area contributed by atoms with Gasteiger partial charge in [-0.15, -0.1) is 0 Å². The molecule has 0 bridgehead atoms. The van der Waals surface area contributed by atoms with Crippen LogP contribution in [0, 0.1) is 6.92 Å². The van der Waals surface area contributed by atoms with Crippen molar-refractivity contribution in [2.75, 3.05) is 10.6 Å². The van der Waals surface area contributed by atoms with Gasteiger partial charge in [0.1, 0.15) is 11.6 Å². The molecular formula is C13H13N3O2. The van der Waals surface area contributed by atoms with E-state index in [0.717, 1.165) is 0 Å². The molecule has 18 heavy (non-hydrogen) atoms. The predicted octanol–water partition coefficient (Wildman–Crippen LogP) is 2.74. The maximum absolute atomic E-state index is 11.7. The van der Waals surface area contributed by atoms with E-state index >= 15 is 0 Å². The minimum atomic E-state index is -0.376. The summed E-state index contributed by atoms with van der Waals surface area (Å²) in [4.78, 5) is 15.6. The molecule has 0 aliphatic carbocycles. The highest BCUT2D eigenvalue weighted by molar-refractivity contribution is 5.99. The number of nitrogens with one attached hydrogen (secondary N) is 2. The number of phenols is 1. The summed E-state index contributed by atoms with van der Waals surface area (Å²) in [5.74, 6) is 0.677. The van der Waals surface area contributed by atoms with Crippen LogP contribution in [-0.4, -0.2) is 16.1 Å². The van der Waals surface area contributed by atoms with Gasteiger partial charge in [-0.05, 0) is 42.8 Å². The van der Waals surface area contributed by atoms with Crippen LogP contribution in [0.1, 0.15) is 5.56 Å². The van der Waals surface area contributed by atoms with Crippen molar-refractivity contribution < 1.29 is 9.90 Å². The van der Waals surface area contributed by atoms with E-state index < -0.39 is 0 Å². The van der Waals surface area contributed by atoms with Crippen LogP contribution in [0.4, 0.5) is 16.3 Å². The number of anilines is 2. The van der Waals surface area contributed by atoms with Crippen molar-refractivity contribution in [2.45, 2.75) is 6.92 Å². The van der Waals surface area contributed by atoms with Gasteiger partial charge in [0.2, 0.25) is 0 Å². The SMILES string of the molecule is Cc1cc(NC(=O)Nc2ccccn2)ccc1O. The zero-order valence-corrected chi connectivity index (χ0v) is 9.84. The molecule has 92 valence electrons. The van der Waals surface area contributed by atoms with E-state index in [1.165, 1.54) is 6.07 Å². The van der Waals surface area contributed by atoms with Gasteiger partial charge in [-0.1, -0.05) is 6.07 Å². The molecular weight excluding hydrogens is 230 g/mol. The summed E-state index contributed by atoms with van der Waals surface area (Å²) in [6.07, 6.45) is 1.60. The molecule has 0 aliphatic heterocycles. The van der Waals surface area contributed by atoms with Gasteiger partial charge in [0.15, 0.2) is 0 Å². The van der Waals surface area contributed by atoms with Crippen molar-refractivity contribution in [1.82, 2.24) is 4.98 Å². The number of aryl methyl sites for hydroxylation is 1. The summed E-state index contributed by atoms with van der Waals surface area (Å²) in [7, 11) is 0. The van der Waals surface area contributed by atoms with Crippen molar-refractivity contribution in [3.8, 4) is 5.75 Å². The van der Waals surface area contributed by atoms with Crippen molar-refractivity contribution in [3.63, 3.8) is 0 Å². The van der Waals surface area contributed by atoms with E-state index in [2.05, 4.69) is 15.6 Å². The van der Waals surface area contributed by atoms with E-state index in [1.807, 2.05) is 0 Å². The largest absolute Gasteiger partial charge is 0.508 e. The number of benzene rings is 1. The first-order valence-electron chi connectivity index (χ1n) is 5.44. The summed E-state index contributed by atoms with van der Waals surface area (Å²) >= 11 is 0. The van der Waals surface area contributed by atoms with E-state index in [0.29, 0.717) is 17.1 Å². The van der Waals surface area contributed by atoms with Gasteiger partial charge in [0, 0.05) is 11.9 Å². The third-order valence-electron chi connectivity index (χ3n) is 2.36. The Bertz CT molecular complexity index is 555. The Morgan fingerprint density at radius 3 is 2.72 bits per heavy atom. The number of amides is 2. The number of nitrogens with zero attached hydrogens (tertiary/aromatic N) is 1. The van der Waals surface area contributed by atoms with Gasteiger partial charge >= 0.3 is 6.03 Å². The molecule has 0 spiro atoms. The zero-order valence-electron chi connectivity index (χ0n) is 9.84. The Kier molecular flexibility index (Phi) is 3.43. The second-order valence-corrected chi connectivity index (χ2v) is 3.80. The number of urea groups is 1. The minimum absolute atomic E-state index is 0.200. The molecule has 0 aliphatic rings. The van der Waals surface area contributed by atoms with Crippen LogP contribution in [0.5, 0.6) is 5.75 Å². The molecule has 0 saturated carbocycles.